The van der Waals surface area contributed by atoms with Gasteiger partial charge in [-0.1, -0.05) is 0 Å². The summed E-state index contributed by atoms with van der Waals surface area (Å²) < 4.78 is 38.1. The van der Waals surface area contributed by atoms with Crippen molar-refractivity contribution in [3.8, 4) is 0 Å². The summed E-state index contributed by atoms with van der Waals surface area (Å²) in [4.78, 5) is 11.2. The van der Waals surface area contributed by atoms with Crippen LogP contribution < -0.4 is 0 Å². The van der Waals surface area contributed by atoms with E-state index in [1.165, 1.54) is 6.92 Å². The third kappa shape index (κ3) is 2.07. The largest absolute Gasteiger partial charge is 0.292 e. The molecule has 5 heteroatoms. The second kappa shape index (κ2) is 4.00. The van der Waals surface area contributed by atoms with E-state index in [9.17, 15) is 18.0 Å². The smallest absolute Gasteiger partial charge is 0.183 e. The monoisotopic (exact) mass is 222 g/mol. The molecule has 0 fully saturated rings. The number of hydrogen-bond donors (Lipinski definition) is 0. The molecule has 0 radical (unpaired) electrons. The third-order valence-corrected chi connectivity index (χ3v) is 1.83. The van der Waals surface area contributed by atoms with E-state index in [0.717, 1.165) is 0 Å². The molecule has 0 aromatic heterocycles. The van der Waals surface area contributed by atoms with Crippen LogP contribution in [0.1, 0.15) is 17.3 Å². The highest BCUT2D eigenvalue weighted by Gasteiger charge is 2.19. The van der Waals surface area contributed by atoms with E-state index < -0.39 is 34.2 Å². The first-order valence-electron chi connectivity index (χ1n) is 3.76. The first-order valence-corrected chi connectivity index (χ1v) is 4.20. The maximum atomic E-state index is 13.0. The Kier molecular flexibility index (Phi) is 3.16. The molecule has 0 aliphatic rings. The van der Waals surface area contributed by atoms with Crippen LogP contribution in [0.4, 0.5) is 13.2 Å². The van der Waals surface area contributed by atoms with Crippen molar-refractivity contribution in [1.29, 1.82) is 0 Å². The highest BCUT2D eigenvalue weighted by molar-refractivity contribution is 6.33. The summed E-state index contributed by atoms with van der Waals surface area (Å²) in [7, 11) is 0. The molecule has 0 saturated heterocycles. The molecule has 1 aromatic carbocycles. The van der Waals surface area contributed by atoms with Crippen LogP contribution in [0.3, 0.4) is 0 Å². The van der Waals surface area contributed by atoms with Gasteiger partial charge in [0, 0.05) is 6.07 Å². The summed E-state index contributed by atoms with van der Waals surface area (Å²) in [6.07, 6.45) is 0. The number of benzene rings is 1. The Balaban J connectivity index is 3.22. The lowest BCUT2D eigenvalue weighted by Crippen LogP contribution is -2.13. The lowest BCUT2D eigenvalue weighted by atomic mass is 10.1. The molecule has 1 nitrogen and oxygen atoms in total. The third-order valence-electron chi connectivity index (χ3n) is 1.64. The Morgan fingerprint density at radius 3 is 2.21 bits per heavy atom. The van der Waals surface area contributed by atoms with Crippen LogP contribution in [-0.4, -0.2) is 11.2 Å². The van der Waals surface area contributed by atoms with Gasteiger partial charge in [-0.25, -0.2) is 13.2 Å². The molecule has 1 aromatic rings. The van der Waals surface area contributed by atoms with E-state index in [0.29, 0.717) is 12.1 Å². The number of hydrogen-bond acceptors (Lipinski definition) is 1. The summed E-state index contributed by atoms with van der Waals surface area (Å²) in [5.41, 5.74) is -0.536. The topological polar surface area (TPSA) is 17.1 Å². The molecule has 14 heavy (non-hydrogen) atoms. The zero-order valence-corrected chi connectivity index (χ0v) is 7.91. The van der Waals surface area contributed by atoms with Crippen molar-refractivity contribution in [2.24, 2.45) is 0 Å². The minimum Gasteiger partial charge on any atom is -0.292 e. The van der Waals surface area contributed by atoms with Crippen LogP contribution in [0, 0.1) is 17.5 Å². The van der Waals surface area contributed by atoms with Crippen LogP contribution in [0.2, 0.25) is 0 Å². The van der Waals surface area contributed by atoms with Crippen molar-refractivity contribution in [1.82, 2.24) is 0 Å². The molecule has 0 amide bonds. The Hall–Kier alpha value is -1.03. The van der Waals surface area contributed by atoms with Gasteiger partial charge in [-0.05, 0) is 13.0 Å². The standard InChI is InChI=1S/C9H6ClF3O/c1-4(10)9(14)5-2-7(12)8(13)3-6(5)11/h2-4H,1H3. The van der Waals surface area contributed by atoms with Gasteiger partial charge < -0.3 is 0 Å². The minimum atomic E-state index is -1.33. The van der Waals surface area contributed by atoms with Crippen LogP contribution in [0.25, 0.3) is 0 Å². The molecule has 0 aliphatic heterocycles. The molecular weight excluding hydrogens is 217 g/mol. The number of rotatable bonds is 2. The van der Waals surface area contributed by atoms with Gasteiger partial charge in [-0.15, -0.1) is 11.6 Å². The number of alkyl halides is 1. The molecule has 1 atom stereocenters. The average Bonchev–Trinajstić information content (AvgIpc) is 2.10. The van der Waals surface area contributed by atoms with Gasteiger partial charge in [0.15, 0.2) is 17.4 Å². The van der Waals surface area contributed by atoms with Gasteiger partial charge in [0.1, 0.15) is 5.82 Å². The molecule has 0 aliphatic carbocycles. The Morgan fingerprint density at radius 2 is 1.71 bits per heavy atom. The summed E-state index contributed by atoms with van der Waals surface area (Å²) in [5, 5.41) is -0.977. The minimum absolute atomic E-state index is 0.321. The van der Waals surface area contributed by atoms with Gasteiger partial charge in [-0.2, -0.15) is 0 Å². The van der Waals surface area contributed by atoms with Crippen molar-refractivity contribution in [2.45, 2.75) is 12.3 Å². The van der Waals surface area contributed by atoms with Crippen LogP contribution in [0.5, 0.6) is 0 Å². The molecule has 0 saturated carbocycles. The van der Waals surface area contributed by atoms with Gasteiger partial charge in [0.05, 0.1) is 10.9 Å². The Bertz CT molecular complexity index is 377. The quantitative estimate of drug-likeness (QED) is 0.427. The predicted octanol–water partition coefficient (Wildman–Crippen LogP) is 2.91. The van der Waals surface area contributed by atoms with Crippen molar-refractivity contribution < 1.29 is 18.0 Å². The number of carbonyl (C=O) groups is 1. The van der Waals surface area contributed by atoms with E-state index in [1.54, 1.807) is 0 Å². The number of ketones is 1. The predicted molar refractivity (Wildman–Crippen MR) is 46.0 cm³/mol. The average molecular weight is 223 g/mol. The fourth-order valence-corrected chi connectivity index (χ4v) is 1.04. The van der Waals surface area contributed by atoms with Crippen molar-refractivity contribution in [3.63, 3.8) is 0 Å². The van der Waals surface area contributed by atoms with E-state index in [4.69, 9.17) is 11.6 Å². The highest BCUT2D eigenvalue weighted by atomic mass is 35.5. The van der Waals surface area contributed by atoms with Gasteiger partial charge in [-0.3, -0.25) is 4.79 Å². The van der Waals surface area contributed by atoms with Crippen LogP contribution in [-0.2, 0) is 0 Å². The molecule has 0 bridgehead atoms. The van der Waals surface area contributed by atoms with Crippen molar-refractivity contribution in [3.05, 3.63) is 35.1 Å². The fourth-order valence-electron chi connectivity index (χ4n) is 0.926. The zero-order chi connectivity index (χ0) is 10.9. The first-order chi connectivity index (χ1) is 6.43. The maximum Gasteiger partial charge on any atom is 0.183 e. The maximum absolute atomic E-state index is 13.0. The van der Waals surface area contributed by atoms with Gasteiger partial charge >= 0.3 is 0 Å². The van der Waals surface area contributed by atoms with E-state index in [2.05, 4.69) is 0 Å². The lowest BCUT2D eigenvalue weighted by molar-refractivity contribution is 0.0987. The van der Waals surface area contributed by atoms with Crippen LogP contribution in [0.15, 0.2) is 12.1 Å². The number of halogens is 4. The molecule has 1 rings (SSSR count). The Morgan fingerprint density at radius 1 is 1.21 bits per heavy atom. The molecule has 0 spiro atoms. The molecule has 0 heterocycles. The van der Waals surface area contributed by atoms with Crippen molar-refractivity contribution in [2.75, 3.05) is 0 Å². The first kappa shape index (κ1) is 11.0. The van der Waals surface area contributed by atoms with Crippen LogP contribution >= 0.6 is 11.6 Å². The highest BCUT2D eigenvalue weighted by Crippen LogP contribution is 2.16. The second-order valence-electron chi connectivity index (χ2n) is 2.73. The van der Waals surface area contributed by atoms with Gasteiger partial charge in [0.2, 0.25) is 0 Å². The van der Waals surface area contributed by atoms with E-state index >= 15 is 0 Å². The summed E-state index contributed by atoms with van der Waals surface area (Å²) in [6.45, 7) is 1.32. The Labute approximate surface area is 83.5 Å². The SMILES string of the molecule is CC(Cl)C(=O)c1cc(F)c(F)cc1F. The van der Waals surface area contributed by atoms with E-state index in [1.807, 2.05) is 0 Å². The molecule has 76 valence electrons. The van der Waals surface area contributed by atoms with E-state index in [-0.39, 0.29) is 0 Å². The summed E-state index contributed by atoms with van der Waals surface area (Å²) >= 11 is 5.39. The number of carbonyl (C=O) groups excluding carboxylic acids is 1. The summed E-state index contributed by atoms with van der Waals surface area (Å²) in [6, 6.07) is 0.827. The second-order valence-corrected chi connectivity index (χ2v) is 3.38. The van der Waals surface area contributed by atoms with Gasteiger partial charge in [0.25, 0.3) is 0 Å². The van der Waals surface area contributed by atoms with Crippen molar-refractivity contribution >= 4 is 17.4 Å². The number of Topliss-reactive ketones (excluding diaryl/α,β-unsaturated/α-hetero) is 1. The normalized spacial score (nSPS) is 12.6. The fraction of sp³-hybridized carbons (Fsp3) is 0.222. The molecule has 0 N–H and O–H groups in total. The zero-order valence-electron chi connectivity index (χ0n) is 7.15. The lowest BCUT2D eigenvalue weighted by Gasteiger charge is -2.04. The summed E-state index contributed by atoms with van der Waals surface area (Å²) in [5.74, 6) is -4.49. The molecule has 1 unspecified atom stereocenters. The molecular formula is C9H6ClF3O.